The fraction of sp³-hybridized carbons (Fsp3) is 0.158. The van der Waals surface area contributed by atoms with Gasteiger partial charge in [-0.3, -0.25) is 4.79 Å². The summed E-state index contributed by atoms with van der Waals surface area (Å²) in [5.41, 5.74) is 0.887. The summed E-state index contributed by atoms with van der Waals surface area (Å²) >= 11 is 1.38. The van der Waals surface area contributed by atoms with Crippen LogP contribution >= 0.6 is 11.3 Å². The van der Waals surface area contributed by atoms with Gasteiger partial charge in [-0.2, -0.15) is 0 Å². The van der Waals surface area contributed by atoms with Crippen LogP contribution in [-0.4, -0.2) is 25.0 Å². The molecule has 4 nitrogen and oxygen atoms in total. The average molecular weight is 358 g/mol. The van der Waals surface area contributed by atoms with E-state index in [1.165, 1.54) is 35.6 Å². The molecular weight excluding hydrogens is 343 g/mol. The number of benzene rings is 2. The molecule has 0 bridgehead atoms. The number of thiophene rings is 1. The largest absolute Gasteiger partial charge is 0.482 e. The molecule has 0 N–H and O–H groups in total. The Morgan fingerprint density at radius 1 is 1.08 bits per heavy atom. The van der Waals surface area contributed by atoms with Crippen molar-refractivity contribution in [3.8, 4) is 5.75 Å². The monoisotopic (exact) mass is 358 g/mol. The van der Waals surface area contributed by atoms with Crippen LogP contribution in [-0.2, 0) is 9.53 Å². The second kappa shape index (κ2) is 7.44. The number of carbonyl (C=O) groups excluding carboxylic acids is 2. The number of hydrogen-bond donors (Lipinski definition) is 0. The third kappa shape index (κ3) is 4.03. The first kappa shape index (κ1) is 17.1. The second-order valence-corrected chi connectivity index (χ2v) is 6.43. The zero-order valence-electron chi connectivity index (χ0n) is 13.5. The van der Waals surface area contributed by atoms with Gasteiger partial charge in [0.2, 0.25) is 5.78 Å². The van der Waals surface area contributed by atoms with Gasteiger partial charge in [-0.1, -0.05) is 24.3 Å². The Hall–Kier alpha value is -2.73. The van der Waals surface area contributed by atoms with Crippen molar-refractivity contribution in [2.24, 2.45) is 0 Å². The first-order valence-electron chi connectivity index (χ1n) is 7.60. The predicted octanol–water partition coefficient (Wildman–Crippen LogP) is 4.15. The van der Waals surface area contributed by atoms with Crippen molar-refractivity contribution in [3.63, 3.8) is 0 Å². The number of ether oxygens (including phenoxy) is 2. The number of Topliss-reactive ketones (excluding diaryl/α,β-unsaturated/α-hetero) is 1. The molecule has 0 aliphatic carbocycles. The van der Waals surface area contributed by atoms with Crippen LogP contribution in [0.4, 0.5) is 4.39 Å². The maximum absolute atomic E-state index is 13.0. The van der Waals surface area contributed by atoms with E-state index < -0.39 is 11.8 Å². The minimum Gasteiger partial charge on any atom is -0.482 e. The first-order valence-corrected chi connectivity index (χ1v) is 8.41. The highest BCUT2D eigenvalue weighted by Crippen LogP contribution is 2.30. The molecule has 0 amide bonds. The fourth-order valence-corrected chi connectivity index (χ4v) is 3.53. The molecule has 25 heavy (non-hydrogen) atoms. The van der Waals surface area contributed by atoms with Crippen LogP contribution in [0.25, 0.3) is 10.1 Å². The van der Waals surface area contributed by atoms with E-state index in [0.717, 1.165) is 15.6 Å². The van der Waals surface area contributed by atoms with Gasteiger partial charge in [-0.05, 0) is 36.1 Å². The Labute approximate surface area is 147 Å². The molecule has 0 unspecified atom stereocenters. The van der Waals surface area contributed by atoms with Gasteiger partial charge >= 0.3 is 5.97 Å². The smallest absolute Gasteiger partial charge is 0.344 e. The topological polar surface area (TPSA) is 52.6 Å². The van der Waals surface area contributed by atoms with Gasteiger partial charge in [0.25, 0.3) is 0 Å². The average Bonchev–Trinajstić information content (AvgIpc) is 2.95. The minimum absolute atomic E-state index is 0.226. The van der Waals surface area contributed by atoms with E-state index in [4.69, 9.17) is 9.47 Å². The van der Waals surface area contributed by atoms with Crippen LogP contribution in [0.15, 0.2) is 48.5 Å². The van der Waals surface area contributed by atoms with E-state index in [0.29, 0.717) is 4.88 Å². The number of halogens is 1. The van der Waals surface area contributed by atoms with Crippen LogP contribution in [0.5, 0.6) is 5.75 Å². The zero-order valence-corrected chi connectivity index (χ0v) is 14.3. The highest BCUT2D eigenvalue weighted by atomic mass is 32.1. The summed E-state index contributed by atoms with van der Waals surface area (Å²) < 4.78 is 24.1. The number of esters is 1. The Balaban J connectivity index is 1.56. The molecule has 0 aliphatic heterocycles. The van der Waals surface area contributed by atoms with Crippen molar-refractivity contribution in [3.05, 3.63) is 64.8 Å². The van der Waals surface area contributed by atoms with Crippen LogP contribution in [0.1, 0.15) is 15.2 Å². The van der Waals surface area contributed by atoms with Crippen molar-refractivity contribution < 1.29 is 23.5 Å². The second-order valence-electron chi connectivity index (χ2n) is 5.38. The van der Waals surface area contributed by atoms with Crippen molar-refractivity contribution in [2.75, 3.05) is 13.2 Å². The molecule has 3 rings (SSSR count). The van der Waals surface area contributed by atoms with Gasteiger partial charge in [0.15, 0.2) is 13.2 Å². The van der Waals surface area contributed by atoms with Gasteiger partial charge in [-0.15, -0.1) is 11.3 Å². The summed E-state index contributed by atoms with van der Waals surface area (Å²) in [5.74, 6) is -1.17. The van der Waals surface area contributed by atoms with Crippen LogP contribution in [0.3, 0.4) is 0 Å². The molecule has 0 saturated carbocycles. The molecule has 0 saturated heterocycles. The standard InChI is InChI=1S/C19H15FO4S/c1-12-15-7-2-3-8-17(15)25-19(12)16(21)10-24-18(22)11-23-14-6-4-5-13(20)9-14/h2-9H,10-11H2,1H3. The lowest BCUT2D eigenvalue weighted by Crippen LogP contribution is -2.19. The molecule has 0 radical (unpaired) electrons. The van der Waals surface area contributed by atoms with E-state index >= 15 is 0 Å². The van der Waals surface area contributed by atoms with Gasteiger partial charge < -0.3 is 9.47 Å². The zero-order chi connectivity index (χ0) is 17.8. The summed E-state index contributed by atoms with van der Waals surface area (Å²) in [6, 6.07) is 13.2. The van der Waals surface area contributed by atoms with E-state index in [9.17, 15) is 14.0 Å². The van der Waals surface area contributed by atoms with Crippen LogP contribution in [0.2, 0.25) is 0 Å². The van der Waals surface area contributed by atoms with Gasteiger partial charge in [-0.25, -0.2) is 9.18 Å². The van der Waals surface area contributed by atoms with E-state index in [2.05, 4.69) is 0 Å². The van der Waals surface area contributed by atoms with Crippen LogP contribution < -0.4 is 4.74 Å². The van der Waals surface area contributed by atoms with E-state index in [-0.39, 0.29) is 24.7 Å². The van der Waals surface area contributed by atoms with Crippen molar-refractivity contribution in [1.82, 2.24) is 0 Å². The summed E-state index contributed by atoms with van der Waals surface area (Å²) in [6.45, 7) is 1.14. The van der Waals surface area contributed by atoms with E-state index in [1.54, 1.807) is 0 Å². The number of aryl methyl sites for hydroxylation is 1. The van der Waals surface area contributed by atoms with Gasteiger partial charge in [0, 0.05) is 10.8 Å². The molecule has 0 aliphatic rings. The summed E-state index contributed by atoms with van der Waals surface area (Å²) in [5, 5.41) is 1.02. The minimum atomic E-state index is -0.684. The fourth-order valence-electron chi connectivity index (χ4n) is 2.39. The van der Waals surface area contributed by atoms with E-state index in [1.807, 2.05) is 31.2 Å². The quantitative estimate of drug-likeness (QED) is 0.491. The molecule has 128 valence electrons. The molecule has 6 heteroatoms. The SMILES string of the molecule is Cc1c(C(=O)COC(=O)COc2cccc(F)c2)sc2ccccc12. The lowest BCUT2D eigenvalue weighted by molar-refractivity contribution is -0.144. The summed E-state index contributed by atoms with van der Waals surface area (Å²) in [6.07, 6.45) is 0. The van der Waals surface area contributed by atoms with Gasteiger partial charge in [0.1, 0.15) is 11.6 Å². The number of ketones is 1. The normalized spacial score (nSPS) is 10.6. The highest BCUT2D eigenvalue weighted by molar-refractivity contribution is 7.21. The lowest BCUT2D eigenvalue weighted by atomic mass is 10.1. The summed E-state index contributed by atoms with van der Waals surface area (Å²) in [4.78, 5) is 24.6. The molecule has 0 spiro atoms. The molecule has 3 aromatic rings. The molecular formula is C19H15FO4S. The number of hydrogen-bond acceptors (Lipinski definition) is 5. The third-order valence-electron chi connectivity index (χ3n) is 3.61. The highest BCUT2D eigenvalue weighted by Gasteiger charge is 2.17. The Morgan fingerprint density at radius 3 is 2.64 bits per heavy atom. The lowest BCUT2D eigenvalue weighted by Gasteiger charge is -2.06. The summed E-state index contributed by atoms with van der Waals surface area (Å²) in [7, 11) is 0. The van der Waals surface area contributed by atoms with Gasteiger partial charge in [0.05, 0.1) is 4.88 Å². The molecule has 1 heterocycles. The molecule has 0 atom stereocenters. The van der Waals surface area contributed by atoms with Crippen molar-refractivity contribution in [1.29, 1.82) is 0 Å². The van der Waals surface area contributed by atoms with Crippen LogP contribution in [0, 0.1) is 12.7 Å². The molecule has 2 aromatic carbocycles. The van der Waals surface area contributed by atoms with Crippen molar-refractivity contribution >= 4 is 33.2 Å². The molecule has 0 fully saturated rings. The Morgan fingerprint density at radius 2 is 1.88 bits per heavy atom. The Bertz CT molecular complexity index is 932. The predicted molar refractivity (Wildman–Crippen MR) is 93.7 cm³/mol. The number of carbonyl (C=O) groups is 2. The first-order chi connectivity index (χ1) is 12.0. The Kier molecular flexibility index (Phi) is 5.09. The third-order valence-corrected chi connectivity index (χ3v) is 4.93. The number of fused-ring (bicyclic) bond motifs is 1. The maximum Gasteiger partial charge on any atom is 0.344 e. The number of rotatable bonds is 6. The van der Waals surface area contributed by atoms with Crippen molar-refractivity contribution in [2.45, 2.75) is 6.92 Å². The molecule has 1 aromatic heterocycles. The maximum atomic E-state index is 13.0.